The molecule has 8 heteroatoms. The normalized spacial score (nSPS) is 14.5. The highest BCUT2D eigenvalue weighted by atomic mass is 35.5. The van der Waals surface area contributed by atoms with Crippen molar-refractivity contribution in [3.05, 3.63) is 22.7 Å². The summed E-state index contributed by atoms with van der Waals surface area (Å²) in [6.07, 6.45) is 0.573. The molecule has 1 aromatic rings. The van der Waals surface area contributed by atoms with Crippen molar-refractivity contribution in [3.8, 4) is 5.75 Å². The van der Waals surface area contributed by atoms with Crippen LogP contribution in [-0.4, -0.2) is 40.2 Å². The van der Waals surface area contributed by atoms with Gasteiger partial charge in [-0.15, -0.1) is 0 Å². The van der Waals surface area contributed by atoms with E-state index in [2.05, 4.69) is 15.0 Å². The molecule has 0 spiro atoms. The van der Waals surface area contributed by atoms with Crippen molar-refractivity contribution in [2.45, 2.75) is 13.3 Å². The molecule has 6 nitrogen and oxygen atoms in total. The maximum absolute atomic E-state index is 11.6. The third-order valence-corrected chi connectivity index (χ3v) is 4.72. The van der Waals surface area contributed by atoms with E-state index in [0.717, 1.165) is 24.5 Å². The number of halogens is 1. The van der Waals surface area contributed by atoms with Crippen LogP contribution in [0.2, 0.25) is 5.02 Å². The lowest BCUT2D eigenvalue weighted by Crippen LogP contribution is -2.21. The molecule has 1 heterocycles. The molecule has 0 radical (unpaired) electrons. The second-order valence-electron chi connectivity index (χ2n) is 4.58. The van der Waals surface area contributed by atoms with Gasteiger partial charge in [0.2, 0.25) is 10.0 Å². The number of anilines is 1. The minimum Gasteiger partial charge on any atom is -0.496 e. The van der Waals surface area contributed by atoms with Gasteiger partial charge in [-0.2, -0.15) is 0 Å². The van der Waals surface area contributed by atoms with Crippen molar-refractivity contribution < 1.29 is 13.2 Å². The largest absolute Gasteiger partial charge is 0.496 e. The monoisotopic (exact) mass is 331 g/mol. The van der Waals surface area contributed by atoms with E-state index in [1.807, 2.05) is 0 Å². The Morgan fingerprint density at radius 2 is 2.24 bits per heavy atom. The van der Waals surface area contributed by atoms with E-state index < -0.39 is 10.0 Å². The molecule has 0 saturated carbocycles. The molecule has 0 saturated heterocycles. The lowest BCUT2D eigenvalue weighted by atomic mass is 10.1. The number of sulfonamides is 1. The first-order valence-corrected chi connectivity index (χ1v) is 8.62. The number of nitrogens with zero attached hydrogens (tertiary/aromatic N) is 1. The fourth-order valence-corrected chi connectivity index (χ4v) is 2.92. The van der Waals surface area contributed by atoms with Crippen LogP contribution in [0.5, 0.6) is 5.75 Å². The van der Waals surface area contributed by atoms with E-state index in [1.54, 1.807) is 19.1 Å². The second-order valence-corrected chi connectivity index (χ2v) is 7.00. The first-order chi connectivity index (χ1) is 9.95. The lowest BCUT2D eigenvalue weighted by molar-refractivity contribution is 0.411. The number of ether oxygens (including phenoxy) is 1. The smallest absolute Gasteiger partial charge is 0.232 e. The maximum Gasteiger partial charge on any atom is 0.232 e. The van der Waals surface area contributed by atoms with Gasteiger partial charge in [0.05, 0.1) is 30.1 Å². The maximum atomic E-state index is 11.6. The molecule has 0 aromatic heterocycles. The van der Waals surface area contributed by atoms with E-state index in [9.17, 15) is 8.42 Å². The number of benzene rings is 1. The fraction of sp³-hybridized carbons (Fsp3) is 0.462. The Labute approximate surface area is 129 Å². The van der Waals surface area contributed by atoms with Crippen LogP contribution in [0.4, 0.5) is 5.69 Å². The van der Waals surface area contributed by atoms with Gasteiger partial charge in [0.25, 0.3) is 0 Å². The van der Waals surface area contributed by atoms with Crippen LogP contribution in [0, 0.1) is 0 Å². The Kier molecular flexibility index (Phi) is 4.95. The number of hydrogen-bond acceptors (Lipinski definition) is 5. The van der Waals surface area contributed by atoms with Crippen molar-refractivity contribution in [1.82, 2.24) is 5.32 Å². The number of hydrogen-bond donors (Lipinski definition) is 2. The van der Waals surface area contributed by atoms with Crippen LogP contribution in [0.3, 0.4) is 0 Å². The van der Waals surface area contributed by atoms with Gasteiger partial charge in [-0.05, 0) is 13.0 Å². The zero-order chi connectivity index (χ0) is 15.5. The molecule has 1 aliphatic heterocycles. The molecular formula is C13H18ClN3O3S. The molecule has 0 amide bonds. The summed E-state index contributed by atoms with van der Waals surface area (Å²) in [7, 11) is -1.84. The van der Waals surface area contributed by atoms with Crippen molar-refractivity contribution >= 4 is 33.1 Å². The molecule has 0 atom stereocenters. The number of methoxy groups -OCH3 is 1. The molecule has 1 aliphatic rings. The predicted octanol–water partition coefficient (Wildman–Crippen LogP) is 1.65. The Balaban J connectivity index is 2.30. The molecule has 2 N–H and O–H groups in total. The third kappa shape index (κ3) is 4.01. The van der Waals surface area contributed by atoms with Crippen molar-refractivity contribution in [2.24, 2.45) is 4.99 Å². The Hall–Kier alpha value is -1.47. The Morgan fingerprint density at radius 1 is 1.48 bits per heavy atom. The highest BCUT2D eigenvalue weighted by Gasteiger charge is 2.16. The number of aliphatic imine (C=N–C) groups is 1. The van der Waals surface area contributed by atoms with Gasteiger partial charge < -0.3 is 10.1 Å². The third-order valence-electron chi connectivity index (χ3n) is 3.12. The number of rotatable bonds is 6. The summed E-state index contributed by atoms with van der Waals surface area (Å²) in [6.45, 7) is 3.16. The predicted molar refractivity (Wildman–Crippen MR) is 85.1 cm³/mol. The standard InChI is InChI=1S/C13H18ClN3O3S/c1-3-21(18,19)17-11-8-12(20-2)9(6-10(11)14)7-13-15-4-5-16-13/h6,8,17H,3-5,7H2,1-2H3,(H,15,16). The summed E-state index contributed by atoms with van der Waals surface area (Å²) in [5.74, 6) is 1.43. The summed E-state index contributed by atoms with van der Waals surface area (Å²) in [5, 5.41) is 3.51. The summed E-state index contributed by atoms with van der Waals surface area (Å²) in [4.78, 5) is 4.33. The zero-order valence-corrected chi connectivity index (χ0v) is 13.5. The second kappa shape index (κ2) is 6.53. The highest BCUT2D eigenvalue weighted by molar-refractivity contribution is 7.92. The molecule has 116 valence electrons. The van der Waals surface area contributed by atoms with Gasteiger partial charge in [0, 0.05) is 24.6 Å². The fourth-order valence-electron chi connectivity index (χ4n) is 1.99. The van der Waals surface area contributed by atoms with E-state index in [-0.39, 0.29) is 5.75 Å². The van der Waals surface area contributed by atoms with E-state index in [1.165, 1.54) is 7.11 Å². The number of nitrogens with one attached hydrogen (secondary N) is 2. The summed E-state index contributed by atoms with van der Waals surface area (Å²) in [5.41, 5.74) is 1.18. The van der Waals surface area contributed by atoms with Gasteiger partial charge in [0.15, 0.2) is 0 Å². The number of amidine groups is 1. The van der Waals surface area contributed by atoms with Crippen LogP contribution in [-0.2, 0) is 16.4 Å². The molecule has 0 fully saturated rings. The highest BCUT2D eigenvalue weighted by Crippen LogP contribution is 2.32. The average molecular weight is 332 g/mol. The first-order valence-electron chi connectivity index (χ1n) is 6.59. The van der Waals surface area contributed by atoms with Gasteiger partial charge >= 0.3 is 0 Å². The molecule has 2 rings (SSSR count). The molecular weight excluding hydrogens is 314 g/mol. The minimum absolute atomic E-state index is 0.0197. The van der Waals surface area contributed by atoms with Crippen LogP contribution in [0.25, 0.3) is 0 Å². The van der Waals surface area contributed by atoms with Crippen LogP contribution >= 0.6 is 11.6 Å². The van der Waals surface area contributed by atoms with E-state index in [4.69, 9.17) is 16.3 Å². The van der Waals surface area contributed by atoms with Crippen molar-refractivity contribution in [3.63, 3.8) is 0 Å². The van der Waals surface area contributed by atoms with E-state index in [0.29, 0.717) is 22.9 Å². The Morgan fingerprint density at radius 3 is 2.81 bits per heavy atom. The van der Waals surface area contributed by atoms with Crippen LogP contribution in [0.1, 0.15) is 12.5 Å². The van der Waals surface area contributed by atoms with Crippen molar-refractivity contribution in [2.75, 3.05) is 30.7 Å². The van der Waals surface area contributed by atoms with Crippen molar-refractivity contribution in [1.29, 1.82) is 0 Å². The molecule has 0 unspecified atom stereocenters. The molecule has 0 bridgehead atoms. The molecule has 0 aliphatic carbocycles. The van der Waals surface area contributed by atoms with Gasteiger partial charge in [-0.1, -0.05) is 11.6 Å². The zero-order valence-electron chi connectivity index (χ0n) is 11.9. The summed E-state index contributed by atoms with van der Waals surface area (Å²) >= 11 is 6.16. The summed E-state index contributed by atoms with van der Waals surface area (Å²) < 4.78 is 31.1. The topological polar surface area (TPSA) is 79.8 Å². The Bertz CT molecular complexity index is 659. The van der Waals surface area contributed by atoms with Gasteiger partial charge in [-0.3, -0.25) is 9.71 Å². The van der Waals surface area contributed by atoms with Crippen LogP contribution < -0.4 is 14.8 Å². The first kappa shape index (κ1) is 15.9. The van der Waals surface area contributed by atoms with E-state index >= 15 is 0 Å². The average Bonchev–Trinajstić information content (AvgIpc) is 2.94. The minimum atomic E-state index is -3.38. The molecule has 1 aromatic carbocycles. The molecule has 21 heavy (non-hydrogen) atoms. The quantitative estimate of drug-likeness (QED) is 0.830. The SMILES string of the molecule is CCS(=O)(=O)Nc1cc(OC)c(CC2=NCCN2)cc1Cl. The summed E-state index contributed by atoms with van der Waals surface area (Å²) in [6, 6.07) is 3.30. The van der Waals surface area contributed by atoms with Gasteiger partial charge in [0.1, 0.15) is 11.6 Å². The van der Waals surface area contributed by atoms with Gasteiger partial charge in [-0.25, -0.2) is 8.42 Å². The lowest BCUT2D eigenvalue weighted by Gasteiger charge is -2.14. The van der Waals surface area contributed by atoms with Crippen LogP contribution in [0.15, 0.2) is 17.1 Å².